The van der Waals surface area contributed by atoms with Crippen molar-refractivity contribution >= 4 is 23.2 Å². The number of aromatic nitrogens is 4. The molecule has 0 spiro atoms. The van der Waals surface area contributed by atoms with Gasteiger partial charge in [0.25, 0.3) is 5.78 Å². The fourth-order valence-electron chi connectivity index (χ4n) is 2.39. The van der Waals surface area contributed by atoms with E-state index in [0.29, 0.717) is 16.3 Å². The normalized spacial score (nSPS) is 16.6. The van der Waals surface area contributed by atoms with E-state index < -0.39 is 0 Å². The zero-order valence-corrected chi connectivity index (χ0v) is 12.4. The van der Waals surface area contributed by atoms with Crippen LogP contribution in [0.1, 0.15) is 24.8 Å². The van der Waals surface area contributed by atoms with Gasteiger partial charge in [-0.05, 0) is 31.6 Å². The highest BCUT2D eigenvalue weighted by Gasteiger charge is 2.41. The smallest absolute Gasteiger partial charge is 0.255 e. The third-order valence-electron chi connectivity index (χ3n) is 4.03. The number of hydrogen-bond donors (Lipinski definition) is 1. The maximum Gasteiger partial charge on any atom is 0.255 e. The largest absolute Gasteiger partial charge is 0.385 e. The molecule has 1 fully saturated rings. The van der Waals surface area contributed by atoms with Gasteiger partial charge in [-0.15, -0.1) is 0 Å². The van der Waals surface area contributed by atoms with Crippen LogP contribution in [-0.2, 0) is 4.74 Å². The summed E-state index contributed by atoms with van der Waals surface area (Å²) >= 11 is 6.15. The second kappa shape index (κ2) is 5.18. The molecule has 6 nitrogen and oxygen atoms in total. The number of methoxy groups -OCH3 is 1. The summed E-state index contributed by atoms with van der Waals surface area (Å²) in [6.45, 7) is 3.64. The molecule has 0 aliphatic heterocycles. The highest BCUT2D eigenvalue weighted by molar-refractivity contribution is 6.30. The maximum atomic E-state index is 6.15. The molecule has 1 aliphatic rings. The third-order valence-corrected chi connectivity index (χ3v) is 4.40. The molecule has 0 atom stereocenters. The fourth-order valence-corrected chi connectivity index (χ4v) is 2.55. The standard InChI is InChI=1S/C13H18ClN5O/c1-9-10(14)18-12-16-8-17-19(12)11(9)15-7-13(3-4-13)5-6-20-2/h8,15H,3-7H2,1-2H3. The van der Waals surface area contributed by atoms with Gasteiger partial charge in [-0.2, -0.15) is 19.6 Å². The first-order valence-electron chi connectivity index (χ1n) is 6.74. The molecule has 0 radical (unpaired) electrons. The Labute approximate surface area is 122 Å². The number of nitrogens with one attached hydrogen (secondary N) is 1. The van der Waals surface area contributed by atoms with Crippen molar-refractivity contribution in [2.75, 3.05) is 25.6 Å². The Morgan fingerprint density at radius 2 is 2.30 bits per heavy atom. The minimum atomic E-state index is 0.352. The van der Waals surface area contributed by atoms with Gasteiger partial charge < -0.3 is 10.1 Å². The molecule has 0 bridgehead atoms. The van der Waals surface area contributed by atoms with Crippen LogP contribution >= 0.6 is 11.6 Å². The molecule has 0 amide bonds. The summed E-state index contributed by atoms with van der Waals surface area (Å²) in [4.78, 5) is 8.29. The van der Waals surface area contributed by atoms with Crippen molar-refractivity contribution in [2.45, 2.75) is 26.2 Å². The molecule has 108 valence electrons. The van der Waals surface area contributed by atoms with E-state index in [1.165, 1.54) is 19.2 Å². The summed E-state index contributed by atoms with van der Waals surface area (Å²) in [5.74, 6) is 1.39. The average molecular weight is 296 g/mol. The second-order valence-electron chi connectivity index (χ2n) is 5.44. The first-order valence-corrected chi connectivity index (χ1v) is 7.12. The summed E-state index contributed by atoms with van der Waals surface area (Å²) in [7, 11) is 1.75. The number of ether oxygens (including phenoxy) is 1. The number of nitrogens with zero attached hydrogens (tertiary/aromatic N) is 4. The van der Waals surface area contributed by atoms with Crippen LogP contribution in [0.2, 0.25) is 5.15 Å². The van der Waals surface area contributed by atoms with Gasteiger partial charge >= 0.3 is 0 Å². The number of anilines is 1. The second-order valence-corrected chi connectivity index (χ2v) is 5.80. The van der Waals surface area contributed by atoms with Gasteiger partial charge in [0.15, 0.2) is 0 Å². The monoisotopic (exact) mass is 295 g/mol. The Bertz CT molecular complexity index is 622. The Balaban J connectivity index is 1.80. The van der Waals surface area contributed by atoms with Crippen molar-refractivity contribution < 1.29 is 4.74 Å². The Morgan fingerprint density at radius 3 is 3.00 bits per heavy atom. The summed E-state index contributed by atoms with van der Waals surface area (Å²) < 4.78 is 6.89. The Kier molecular flexibility index (Phi) is 3.52. The minimum Gasteiger partial charge on any atom is -0.385 e. The zero-order valence-electron chi connectivity index (χ0n) is 11.7. The molecular formula is C13H18ClN5O. The molecule has 3 rings (SSSR count). The van der Waals surface area contributed by atoms with Crippen molar-refractivity contribution in [3.8, 4) is 0 Å². The van der Waals surface area contributed by atoms with Gasteiger partial charge in [0, 0.05) is 25.8 Å². The molecule has 2 aromatic rings. The van der Waals surface area contributed by atoms with Gasteiger partial charge in [-0.3, -0.25) is 0 Å². The topological polar surface area (TPSA) is 64.3 Å². The van der Waals surface area contributed by atoms with E-state index in [2.05, 4.69) is 20.4 Å². The Morgan fingerprint density at radius 1 is 1.50 bits per heavy atom. The molecule has 20 heavy (non-hydrogen) atoms. The van der Waals surface area contributed by atoms with Gasteiger partial charge in [0.2, 0.25) is 0 Å². The summed E-state index contributed by atoms with van der Waals surface area (Å²) in [5, 5.41) is 8.14. The van der Waals surface area contributed by atoms with Crippen molar-refractivity contribution in [3.05, 3.63) is 17.0 Å². The van der Waals surface area contributed by atoms with Crippen LogP contribution in [0.3, 0.4) is 0 Å². The number of hydrogen-bond acceptors (Lipinski definition) is 5. The van der Waals surface area contributed by atoms with Crippen LogP contribution in [0.4, 0.5) is 5.82 Å². The van der Waals surface area contributed by atoms with Gasteiger partial charge in [-0.1, -0.05) is 11.6 Å². The van der Waals surface area contributed by atoms with Crippen LogP contribution in [0.15, 0.2) is 6.33 Å². The first-order chi connectivity index (χ1) is 9.65. The van der Waals surface area contributed by atoms with E-state index >= 15 is 0 Å². The average Bonchev–Trinajstić information content (AvgIpc) is 3.07. The lowest BCUT2D eigenvalue weighted by molar-refractivity contribution is 0.175. The predicted molar refractivity (Wildman–Crippen MR) is 77.2 cm³/mol. The summed E-state index contributed by atoms with van der Waals surface area (Å²) in [6, 6.07) is 0. The lowest BCUT2D eigenvalue weighted by Gasteiger charge is -2.18. The van der Waals surface area contributed by atoms with Crippen molar-refractivity contribution in [1.29, 1.82) is 0 Å². The quantitative estimate of drug-likeness (QED) is 0.829. The van der Waals surface area contributed by atoms with Crippen LogP contribution < -0.4 is 5.32 Å². The molecule has 0 unspecified atom stereocenters. The van der Waals surface area contributed by atoms with Gasteiger partial charge in [0.05, 0.1) is 0 Å². The van der Waals surface area contributed by atoms with Crippen molar-refractivity contribution in [1.82, 2.24) is 19.6 Å². The van der Waals surface area contributed by atoms with E-state index in [9.17, 15) is 0 Å². The number of halogens is 1. The lowest BCUT2D eigenvalue weighted by atomic mass is 10.0. The molecule has 7 heteroatoms. The third kappa shape index (κ3) is 2.45. The molecular weight excluding hydrogens is 278 g/mol. The molecule has 1 aliphatic carbocycles. The van der Waals surface area contributed by atoms with Crippen molar-refractivity contribution in [2.24, 2.45) is 5.41 Å². The van der Waals surface area contributed by atoms with E-state index in [1.807, 2.05) is 6.92 Å². The lowest BCUT2D eigenvalue weighted by Crippen LogP contribution is -2.20. The molecule has 0 saturated heterocycles. The van der Waals surface area contributed by atoms with Crippen molar-refractivity contribution in [3.63, 3.8) is 0 Å². The fraction of sp³-hybridized carbons (Fsp3) is 0.615. The summed E-state index contributed by atoms with van der Waals surface area (Å²) in [6.07, 6.45) is 5.04. The predicted octanol–water partition coefficient (Wildman–Crippen LogP) is 2.31. The molecule has 1 saturated carbocycles. The van der Waals surface area contributed by atoms with E-state index in [4.69, 9.17) is 16.3 Å². The molecule has 2 aromatic heterocycles. The van der Waals surface area contributed by atoms with E-state index in [-0.39, 0.29) is 0 Å². The molecule has 0 aromatic carbocycles. The van der Waals surface area contributed by atoms with E-state index in [1.54, 1.807) is 11.6 Å². The zero-order chi connectivity index (χ0) is 14.2. The number of rotatable bonds is 6. The SMILES string of the molecule is COCCC1(CNc2c(C)c(Cl)nc3ncnn23)CC1. The van der Waals surface area contributed by atoms with Crippen LogP contribution in [0, 0.1) is 12.3 Å². The molecule has 1 N–H and O–H groups in total. The maximum absolute atomic E-state index is 6.15. The van der Waals surface area contributed by atoms with Gasteiger partial charge in [-0.25, -0.2) is 0 Å². The van der Waals surface area contributed by atoms with Crippen LogP contribution in [0.5, 0.6) is 0 Å². The number of fused-ring (bicyclic) bond motifs is 1. The minimum absolute atomic E-state index is 0.352. The Hall–Kier alpha value is -1.40. The highest BCUT2D eigenvalue weighted by atomic mass is 35.5. The van der Waals surface area contributed by atoms with Crippen LogP contribution in [0.25, 0.3) is 5.78 Å². The van der Waals surface area contributed by atoms with Gasteiger partial charge in [0.1, 0.15) is 17.3 Å². The highest BCUT2D eigenvalue weighted by Crippen LogP contribution is 2.48. The van der Waals surface area contributed by atoms with Crippen LogP contribution in [-0.4, -0.2) is 39.8 Å². The first kappa shape index (κ1) is 13.6. The summed E-state index contributed by atoms with van der Waals surface area (Å²) in [5.41, 5.74) is 1.25. The van der Waals surface area contributed by atoms with E-state index in [0.717, 1.165) is 31.0 Å². The molecule has 2 heterocycles.